The van der Waals surface area contributed by atoms with Crippen molar-refractivity contribution in [3.63, 3.8) is 0 Å². The van der Waals surface area contributed by atoms with E-state index in [0.717, 1.165) is 29.8 Å². The van der Waals surface area contributed by atoms with Gasteiger partial charge in [0.2, 0.25) is 0 Å². The van der Waals surface area contributed by atoms with Crippen LogP contribution in [0.1, 0.15) is 39.0 Å². The molecule has 0 saturated heterocycles. The zero-order valence-electron chi connectivity index (χ0n) is 11.8. The van der Waals surface area contributed by atoms with Gasteiger partial charge >= 0.3 is 5.69 Å². The van der Waals surface area contributed by atoms with E-state index >= 15 is 0 Å². The van der Waals surface area contributed by atoms with E-state index in [1.807, 2.05) is 7.05 Å². The molecule has 0 aromatic carbocycles. The summed E-state index contributed by atoms with van der Waals surface area (Å²) in [7, 11) is 2.03. The molecule has 108 valence electrons. The largest absolute Gasteiger partial charge is 0.343 e. The van der Waals surface area contributed by atoms with E-state index < -0.39 is 0 Å². The lowest BCUT2D eigenvalue weighted by atomic mass is 10.0. The molecule has 1 aromatic heterocycles. The molecule has 1 fully saturated rings. The van der Waals surface area contributed by atoms with E-state index in [-0.39, 0.29) is 5.69 Å². The third-order valence-electron chi connectivity index (χ3n) is 3.90. The second-order valence-corrected chi connectivity index (χ2v) is 6.20. The van der Waals surface area contributed by atoms with Gasteiger partial charge in [0.05, 0.1) is 0 Å². The van der Waals surface area contributed by atoms with Crippen LogP contribution in [0.15, 0.2) is 9.95 Å². The van der Waals surface area contributed by atoms with Crippen molar-refractivity contribution in [2.24, 2.45) is 5.92 Å². The quantitative estimate of drug-likeness (QED) is 0.750. The van der Waals surface area contributed by atoms with Crippen molar-refractivity contribution in [2.45, 2.75) is 56.8 Å². The number of thioether (sulfide) groups is 1. The molecule has 0 bridgehead atoms. The maximum Gasteiger partial charge on any atom is 0.343 e. The van der Waals surface area contributed by atoms with Crippen molar-refractivity contribution in [3.05, 3.63) is 10.5 Å². The summed E-state index contributed by atoms with van der Waals surface area (Å²) in [4.78, 5) is 11.6. The summed E-state index contributed by atoms with van der Waals surface area (Å²) in [5.74, 6) is 1.76. The normalized spacial score (nSPS) is 18.0. The molecule has 0 spiro atoms. The van der Waals surface area contributed by atoms with Crippen LogP contribution in [-0.2, 0) is 6.54 Å². The average Bonchev–Trinajstić information content (AvgIpc) is 3.04. The van der Waals surface area contributed by atoms with Crippen LogP contribution in [0, 0.1) is 5.92 Å². The van der Waals surface area contributed by atoms with Gasteiger partial charge in [-0.15, -0.1) is 5.10 Å². The molecular formula is C13H24N4OS. The Labute approximate surface area is 118 Å². The maximum absolute atomic E-state index is 11.6. The van der Waals surface area contributed by atoms with Crippen molar-refractivity contribution in [1.29, 1.82) is 0 Å². The second-order valence-electron chi connectivity index (χ2n) is 5.21. The van der Waals surface area contributed by atoms with E-state index in [1.54, 1.807) is 16.3 Å². The summed E-state index contributed by atoms with van der Waals surface area (Å²) in [6.45, 7) is 2.81. The van der Waals surface area contributed by atoms with Crippen LogP contribution in [0.25, 0.3) is 0 Å². The van der Waals surface area contributed by atoms with Crippen molar-refractivity contribution in [1.82, 2.24) is 20.1 Å². The minimum atomic E-state index is -0.0915. The summed E-state index contributed by atoms with van der Waals surface area (Å²) < 4.78 is 1.74. The Balaban J connectivity index is 1.95. The van der Waals surface area contributed by atoms with Crippen LogP contribution in [0.2, 0.25) is 0 Å². The number of nitrogens with zero attached hydrogens (tertiary/aromatic N) is 2. The van der Waals surface area contributed by atoms with Gasteiger partial charge in [0.25, 0.3) is 0 Å². The van der Waals surface area contributed by atoms with Crippen LogP contribution in [0.4, 0.5) is 0 Å². The predicted molar refractivity (Wildman–Crippen MR) is 78.7 cm³/mol. The number of nitrogens with one attached hydrogen (secondary N) is 2. The fourth-order valence-electron chi connectivity index (χ4n) is 2.81. The molecule has 1 aromatic rings. The SMILES string of the molecule is CCCn1c(SCC(NC)C2CCCC2)n[nH]c1=O. The summed E-state index contributed by atoms with van der Waals surface area (Å²) in [6, 6.07) is 0.523. The Morgan fingerprint density at radius 1 is 1.53 bits per heavy atom. The van der Waals surface area contributed by atoms with Crippen LogP contribution in [0.3, 0.4) is 0 Å². The lowest BCUT2D eigenvalue weighted by molar-refractivity contribution is 0.410. The number of H-pyrrole nitrogens is 1. The summed E-state index contributed by atoms with van der Waals surface area (Å²) >= 11 is 1.69. The molecule has 0 radical (unpaired) electrons. The molecule has 5 nitrogen and oxygen atoms in total. The first kappa shape index (κ1) is 14.7. The number of aromatic amines is 1. The van der Waals surface area contributed by atoms with E-state index in [1.165, 1.54) is 25.7 Å². The lowest BCUT2D eigenvalue weighted by Gasteiger charge is -2.22. The maximum atomic E-state index is 11.6. The highest BCUT2D eigenvalue weighted by molar-refractivity contribution is 7.99. The van der Waals surface area contributed by atoms with Crippen molar-refractivity contribution in [2.75, 3.05) is 12.8 Å². The molecule has 1 aliphatic rings. The Kier molecular flexibility index (Phi) is 5.51. The molecule has 0 aliphatic heterocycles. The zero-order valence-corrected chi connectivity index (χ0v) is 12.6. The highest BCUT2D eigenvalue weighted by atomic mass is 32.2. The first-order valence-corrected chi connectivity index (χ1v) is 8.20. The summed E-state index contributed by atoms with van der Waals surface area (Å²) in [5.41, 5.74) is -0.0915. The summed E-state index contributed by atoms with van der Waals surface area (Å²) in [6.07, 6.45) is 6.32. The van der Waals surface area contributed by atoms with Gasteiger partial charge in [-0.2, -0.15) is 0 Å². The Bertz CT molecular complexity index is 436. The molecule has 2 N–H and O–H groups in total. The standard InChI is InChI=1S/C13H24N4OS/c1-3-8-17-12(18)15-16-13(17)19-9-11(14-2)10-6-4-5-7-10/h10-11,14H,3-9H2,1-2H3,(H,15,18). The third kappa shape index (κ3) is 3.63. The number of aromatic nitrogens is 3. The van der Waals surface area contributed by atoms with Crippen LogP contribution < -0.4 is 11.0 Å². The smallest absolute Gasteiger partial charge is 0.316 e. The van der Waals surface area contributed by atoms with Crippen LogP contribution in [-0.4, -0.2) is 33.6 Å². The van der Waals surface area contributed by atoms with Crippen molar-refractivity contribution < 1.29 is 0 Å². The highest BCUT2D eigenvalue weighted by Gasteiger charge is 2.24. The first-order chi connectivity index (χ1) is 9.26. The topological polar surface area (TPSA) is 62.7 Å². The zero-order chi connectivity index (χ0) is 13.7. The predicted octanol–water partition coefficient (Wildman–Crippen LogP) is 1.85. The van der Waals surface area contributed by atoms with Gasteiger partial charge in [-0.3, -0.25) is 4.57 Å². The second kappa shape index (κ2) is 7.14. The molecule has 1 heterocycles. The molecule has 6 heteroatoms. The third-order valence-corrected chi connectivity index (χ3v) is 5.00. The number of rotatable bonds is 7. The molecule has 19 heavy (non-hydrogen) atoms. The Morgan fingerprint density at radius 3 is 2.89 bits per heavy atom. The van der Waals surface area contributed by atoms with Gasteiger partial charge in [-0.1, -0.05) is 31.5 Å². The van der Waals surface area contributed by atoms with E-state index in [2.05, 4.69) is 22.4 Å². The first-order valence-electron chi connectivity index (χ1n) is 7.21. The van der Waals surface area contributed by atoms with Gasteiger partial charge in [-0.05, 0) is 32.2 Å². The van der Waals surface area contributed by atoms with E-state index in [4.69, 9.17) is 0 Å². The number of hydrogen-bond acceptors (Lipinski definition) is 4. The minimum absolute atomic E-state index is 0.0915. The van der Waals surface area contributed by atoms with Gasteiger partial charge in [0.1, 0.15) is 0 Å². The Hall–Kier alpha value is -0.750. The van der Waals surface area contributed by atoms with Gasteiger partial charge in [0, 0.05) is 18.3 Å². The van der Waals surface area contributed by atoms with Crippen LogP contribution >= 0.6 is 11.8 Å². The van der Waals surface area contributed by atoms with Gasteiger partial charge < -0.3 is 5.32 Å². The monoisotopic (exact) mass is 284 g/mol. The molecule has 2 rings (SSSR count). The fourth-order valence-corrected chi connectivity index (χ4v) is 4.02. The molecular weight excluding hydrogens is 260 g/mol. The molecule has 1 aliphatic carbocycles. The Morgan fingerprint density at radius 2 is 2.26 bits per heavy atom. The highest BCUT2D eigenvalue weighted by Crippen LogP contribution is 2.30. The average molecular weight is 284 g/mol. The summed E-state index contributed by atoms with van der Waals surface area (Å²) in [5, 5.41) is 10.9. The number of hydrogen-bond donors (Lipinski definition) is 2. The van der Waals surface area contributed by atoms with Gasteiger partial charge in [-0.25, -0.2) is 9.89 Å². The van der Waals surface area contributed by atoms with Crippen LogP contribution in [0.5, 0.6) is 0 Å². The lowest BCUT2D eigenvalue weighted by Crippen LogP contribution is -2.34. The molecule has 0 amide bonds. The minimum Gasteiger partial charge on any atom is -0.316 e. The van der Waals surface area contributed by atoms with E-state index in [9.17, 15) is 4.79 Å². The molecule has 1 atom stereocenters. The van der Waals surface area contributed by atoms with Crippen molar-refractivity contribution in [3.8, 4) is 0 Å². The van der Waals surface area contributed by atoms with Crippen molar-refractivity contribution >= 4 is 11.8 Å². The molecule has 1 saturated carbocycles. The van der Waals surface area contributed by atoms with Gasteiger partial charge in [0.15, 0.2) is 5.16 Å². The fraction of sp³-hybridized carbons (Fsp3) is 0.846. The van der Waals surface area contributed by atoms with E-state index in [0.29, 0.717) is 6.04 Å². The molecule has 1 unspecified atom stereocenters.